The number of allylic oxidation sites excluding steroid dienone is 1. The fourth-order valence-electron chi connectivity index (χ4n) is 3.92. The summed E-state index contributed by atoms with van der Waals surface area (Å²) < 4.78 is 17.2. The molecule has 30 heavy (non-hydrogen) atoms. The van der Waals surface area contributed by atoms with Crippen LogP contribution in [0.15, 0.2) is 36.4 Å². The van der Waals surface area contributed by atoms with Crippen LogP contribution in [-0.4, -0.2) is 25.3 Å². The van der Waals surface area contributed by atoms with Crippen molar-refractivity contribution in [2.45, 2.75) is 59.2 Å². The molecule has 2 aromatic carbocycles. The largest absolute Gasteiger partial charge is 0.493 e. The first-order chi connectivity index (χ1) is 14.2. The summed E-state index contributed by atoms with van der Waals surface area (Å²) in [5.74, 6) is 0.551. The van der Waals surface area contributed by atoms with E-state index in [-0.39, 0.29) is 0 Å². The minimum absolute atomic E-state index is 0.395. The number of hydrogen-bond acceptors (Lipinski definition) is 4. The molecule has 1 unspecified atom stereocenters. The van der Waals surface area contributed by atoms with Gasteiger partial charge in [0.05, 0.1) is 19.3 Å². The molecule has 2 aromatic rings. The quantitative estimate of drug-likeness (QED) is 0.565. The molecule has 0 aromatic heterocycles. The number of hydrogen-bond donors (Lipinski definition) is 0. The Hall–Kier alpha value is -2.59. The third-order valence-corrected chi connectivity index (χ3v) is 5.19. The van der Waals surface area contributed by atoms with Crippen LogP contribution in [0.1, 0.15) is 62.5 Å². The standard InChI is InChI=1S/C26H32O4/c1-7-9-18-12-11-17(2)22(24(25(27)28-6)30-26(3,4)5)23(18)20-13-14-21-19(16-20)10-8-15-29-21/h7,9,11-14,16,24H,8,10,15H2,1-6H3. The highest BCUT2D eigenvalue weighted by Crippen LogP contribution is 2.40. The van der Waals surface area contributed by atoms with Crippen molar-refractivity contribution in [1.82, 2.24) is 0 Å². The molecule has 1 aliphatic rings. The van der Waals surface area contributed by atoms with E-state index < -0.39 is 17.7 Å². The molecule has 1 aliphatic heterocycles. The Labute approximate surface area is 179 Å². The van der Waals surface area contributed by atoms with E-state index in [4.69, 9.17) is 14.2 Å². The van der Waals surface area contributed by atoms with Gasteiger partial charge in [-0.25, -0.2) is 4.79 Å². The van der Waals surface area contributed by atoms with Crippen molar-refractivity contribution in [3.63, 3.8) is 0 Å². The number of rotatable bonds is 5. The summed E-state index contributed by atoms with van der Waals surface area (Å²) in [6.45, 7) is 10.6. The van der Waals surface area contributed by atoms with Gasteiger partial charge in [0, 0.05) is 5.56 Å². The Kier molecular flexibility index (Phi) is 6.67. The normalized spacial score (nSPS) is 14.9. The second kappa shape index (κ2) is 9.05. The number of methoxy groups -OCH3 is 1. The zero-order valence-electron chi connectivity index (χ0n) is 18.9. The second-order valence-corrected chi connectivity index (χ2v) is 8.67. The van der Waals surface area contributed by atoms with Gasteiger partial charge in [0.2, 0.25) is 0 Å². The van der Waals surface area contributed by atoms with Gasteiger partial charge in [-0.2, -0.15) is 0 Å². The van der Waals surface area contributed by atoms with Gasteiger partial charge in [-0.05, 0) is 87.4 Å². The van der Waals surface area contributed by atoms with Crippen molar-refractivity contribution < 1.29 is 19.0 Å². The zero-order valence-corrected chi connectivity index (χ0v) is 18.9. The number of carbonyl (C=O) groups is 1. The van der Waals surface area contributed by atoms with E-state index in [9.17, 15) is 4.79 Å². The van der Waals surface area contributed by atoms with Crippen molar-refractivity contribution in [2.75, 3.05) is 13.7 Å². The molecule has 0 fully saturated rings. The smallest absolute Gasteiger partial charge is 0.339 e. The van der Waals surface area contributed by atoms with Crippen LogP contribution in [0.25, 0.3) is 17.2 Å². The first-order valence-corrected chi connectivity index (χ1v) is 10.5. The third kappa shape index (κ3) is 4.76. The van der Waals surface area contributed by atoms with Crippen LogP contribution in [0, 0.1) is 6.92 Å². The van der Waals surface area contributed by atoms with Gasteiger partial charge >= 0.3 is 5.97 Å². The third-order valence-electron chi connectivity index (χ3n) is 5.19. The van der Waals surface area contributed by atoms with E-state index >= 15 is 0 Å². The molecule has 0 aliphatic carbocycles. The first-order valence-electron chi connectivity index (χ1n) is 10.5. The van der Waals surface area contributed by atoms with Crippen molar-refractivity contribution >= 4 is 12.0 Å². The second-order valence-electron chi connectivity index (χ2n) is 8.67. The predicted molar refractivity (Wildman–Crippen MR) is 121 cm³/mol. The molecule has 0 spiro atoms. The van der Waals surface area contributed by atoms with Crippen LogP contribution in [0.3, 0.4) is 0 Å². The van der Waals surface area contributed by atoms with E-state index in [1.165, 1.54) is 12.7 Å². The van der Waals surface area contributed by atoms with E-state index in [2.05, 4.69) is 24.3 Å². The lowest BCUT2D eigenvalue weighted by Gasteiger charge is -2.29. The van der Waals surface area contributed by atoms with Gasteiger partial charge in [-0.15, -0.1) is 0 Å². The maximum absolute atomic E-state index is 12.8. The van der Waals surface area contributed by atoms with Crippen molar-refractivity contribution in [1.29, 1.82) is 0 Å². The number of esters is 1. The lowest BCUT2D eigenvalue weighted by Crippen LogP contribution is -2.29. The van der Waals surface area contributed by atoms with Crippen molar-refractivity contribution in [3.05, 3.63) is 58.7 Å². The van der Waals surface area contributed by atoms with Crippen molar-refractivity contribution in [2.24, 2.45) is 0 Å². The summed E-state index contributed by atoms with van der Waals surface area (Å²) in [6, 6.07) is 10.4. The van der Waals surface area contributed by atoms with Crippen LogP contribution in [-0.2, 0) is 20.7 Å². The molecule has 1 atom stereocenters. The van der Waals surface area contributed by atoms with Gasteiger partial charge in [-0.3, -0.25) is 0 Å². The molecule has 0 saturated carbocycles. The van der Waals surface area contributed by atoms with Crippen LogP contribution >= 0.6 is 0 Å². The van der Waals surface area contributed by atoms with Crippen LogP contribution in [0.5, 0.6) is 5.75 Å². The molecule has 0 amide bonds. The highest BCUT2D eigenvalue weighted by atomic mass is 16.6. The number of carbonyl (C=O) groups excluding carboxylic acids is 1. The lowest BCUT2D eigenvalue weighted by molar-refractivity contribution is -0.164. The van der Waals surface area contributed by atoms with Gasteiger partial charge in [0.1, 0.15) is 5.75 Å². The van der Waals surface area contributed by atoms with Gasteiger partial charge in [0.15, 0.2) is 6.10 Å². The van der Waals surface area contributed by atoms with E-state index in [0.29, 0.717) is 0 Å². The number of aryl methyl sites for hydroxylation is 2. The highest BCUT2D eigenvalue weighted by molar-refractivity contribution is 5.86. The molecule has 160 valence electrons. The monoisotopic (exact) mass is 408 g/mol. The Morgan fingerprint density at radius 2 is 1.97 bits per heavy atom. The summed E-state index contributed by atoms with van der Waals surface area (Å²) in [4.78, 5) is 12.8. The highest BCUT2D eigenvalue weighted by Gasteiger charge is 2.32. The summed E-state index contributed by atoms with van der Waals surface area (Å²) in [5.41, 5.74) is 5.63. The number of ether oxygens (including phenoxy) is 3. The molecule has 4 nitrogen and oxygen atoms in total. The summed E-state index contributed by atoms with van der Waals surface area (Å²) in [7, 11) is 1.41. The molecule has 0 radical (unpaired) electrons. The molecular formula is C26H32O4. The SMILES string of the molecule is CC=Cc1ccc(C)c(C(OC(C)(C)C)C(=O)OC)c1-c1ccc2c(c1)CCCO2. The Morgan fingerprint density at radius 3 is 2.63 bits per heavy atom. The summed E-state index contributed by atoms with van der Waals surface area (Å²) >= 11 is 0. The summed E-state index contributed by atoms with van der Waals surface area (Å²) in [6.07, 6.45) is 5.26. The Morgan fingerprint density at radius 1 is 1.20 bits per heavy atom. The molecule has 0 bridgehead atoms. The maximum Gasteiger partial charge on any atom is 0.339 e. The number of benzene rings is 2. The average Bonchev–Trinajstić information content (AvgIpc) is 2.72. The first kappa shape index (κ1) is 22.1. The zero-order chi connectivity index (χ0) is 21.9. The van der Waals surface area contributed by atoms with Crippen LogP contribution in [0.4, 0.5) is 0 Å². The molecule has 1 heterocycles. The van der Waals surface area contributed by atoms with E-state index in [1.807, 2.05) is 52.8 Å². The fourth-order valence-corrected chi connectivity index (χ4v) is 3.92. The minimum atomic E-state index is -0.817. The maximum atomic E-state index is 12.8. The van der Waals surface area contributed by atoms with E-state index in [0.717, 1.165) is 53.0 Å². The topological polar surface area (TPSA) is 44.8 Å². The number of fused-ring (bicyclic) bond motifs is 1. The fraction of sp³-hybridized carbons (Fsp3) is 0.423. The van der Waals surface area contributed by atoms with Gasteiger partial charge in [0.25, 0.3) is 0 Å². The average molecular weight is 409 g/mol. The molecule has 0 N–H and O–H groups in total. The molecule has 0 saturated heterocycles. The Balaban J connectivity index is 2.27. The lowest BCUT2D eigenvalue weighted by atomic mass is 9.86. The molecule has 3 rings (SSSR count). The van der Waals surface area contributed by atoms with Crippen LogP contribution in [0.2, 0.25) is 0 Å². The Bertz CT molecular complexity index is 950. The van der Waals surface area contributed by atoms with E-state index in [1.54, 1.807) is 0 Å². The van der Waals surface area contributed by atoms with Gasteiger partial charge < -0.3 is 14.2 Å². The predicted octanol–water partition coefficient (Wildman–Crippen LogP) is 6.05. The summed E-state index contributed by atoms with van der Waals surface area (Å²) in [5, 5.41) is 0. The molecule has 4 heteroatoms. The molecular weight excluding hydrogens is 376 g/mol. The van der Waals surface area contributed by atoms with Crippen LogP contribution < -0.4 is 4.74 Å². The van der Waals surface area contributed by atoms with Crippen molar-refractivity contribution in [3.8, 4) is 16.9 Å². The van der Waals surface area contributed by atoms with Gasteiger partial charge in [-0.1, -0.05) is 30.4 Å². The minimum Gasteiger partial charge on any atom is -0.493 e.